The van der Waals surface area contributed by atoms with E-state index in [1.165, 1.54) is 0 Å². The normalized spacial score (nSPS) is 22.5. The number of aliphatic hydroxyl groups excluding tert-OH is 1. The van der Waals surface area contributed by atoms with Crippen LogP contribution in [0.25, 0.3) is 0 Å². The van der Waals surface area contributed by atoms with Gasteiger partial charge in [0.25, 0.3) is 0 Å². The van der Waals surface area contributed by atoms with Gasteiger partial charge in [0, 0.05) is 0 Å². The van der Waals surface area contributed by atoms with Crippen molar-refractivity contribution in [3.8, 4) is 0 Å². The molecule has 0 radical (unpaired) electrons. The number of hydrogen-bond donors (Lipinski definition) is 1. The van der Waals surface area contributed by atoms with Gasteiger partial charge in [-0.2, -0.15) is 0 Å². The third-order valence-electron chi connectivity index (χ3n) is 14.6. The lowest BCUT2D eigenvalue weighted by Crippen LogP contribution is -2.62. The number of ether oxygens (including phenoxy) is 12. The number of rotatable bonds is 32. The van der Waals surface area contributed by atoms with Gasteiger partial charge in [0.15, 0.2) is 12.6 Å². The number of benzene rings is 8. The Morgan fingerprint density at radius 3 is 0.726 bits per heavy atom. The topological polar surface area (TPSA) is 131 Å². The summed E-state index contributed by atoms with van der Waals surface area (Å²) in [6, 6.07) is 79.7. The zero-order valence-corrected chi connectivity index (χ0v) is 47.3. The second-order valence-electron chi connectivity index (χ2n) is 21.0. The van der Waals surface area contributed by atoms with E-state index in [0.29, 0.717) is 13.2 Å². The first-order valence-electron chi connectivity index (χ1n) is 29.0. The first-order chi connectivity index (χ1) is 41.6. The Morgan fingerprint density at radius 1 is 0.262 bits per heavy atom. The molecule has 2 heterocycles. The highest BCUT2D eigenvalue weighted by Gasteiger charge is 2.51. The van der Waals surface area contributed by atoms with Crippen LogP contribution < -0.4 is 0 Å². The molecule has 10 atom stereocenters. The van der Waals surface area contributed by atoms with E-state index in [0.717, 1.165) is 44.5 Å². The van der Waals surface area contributed by atoms with E-state index in [4.69, 9.17) is 56.8 Å². The van der Waals surface area contributed by atoms with E-state index in [1.807, 2.05) is 243 Å². The van der Waals surface area contributed by atoms with E-state index < -0.39 is 67.5 Å². The molecule has 438 valence electrons. The molecule has 8 aromatic rings. The van der Waals surface area contributed by atoms with Crippen LogP contribution in [-0.2, 0) is 110 Å². The molecule has 0 unspecified atom stereocenters. The molecule has 0 amide bonds. The van der Waals surface area contributed by atoms with Gasteiger partial charge < -0.3 is 61.9 Å². The van der Waals surface area contributed by atoms with Crippen molar-refractivity contribution in [2.45, 2.75) is 120 Å². The highest BCUT2D eigenvalue weighted by atomic mass is 16.7. The minimum absolute atomic E-state index is 0.139. The summed E-state index contributed by atoms with van der Waals surface area (Å²) >= 11 is 0. The summed E-state index contributed by atoms with van der Waals surface area (Å²) < 4.78 is 81.6. The lowest BCUT2D eigenvalue weighted by atomic mass is 9.97. The summed E-state index contributed by atoms with van der Waals surface area (Å²) in [5, 5.41) is 12.1. The molecule has 10 rings (SSSR count). The van der Waals surface area contributed by atoms with Gasteiger partial charge in [-0.05, 0) is 44.5 Å². The minimum atomic E-state index is -1.20. The molecule has 0 aromatic heterocycles. The molecule has 1 N–H and O–H groups in total. The quantitative estimate of drug-likeness (QED) is 0.0430. The second-order valence-corrected chi connectivity index (χ2v) is 21.0. The maximum Gasteiger partial charge on any atom is 0.187 e. The molecule has 0 aliphatic carbocycles. The smallest absolute Gasteiger partial charge is 0.187 e. The largest absolute Gasteiger partial charge is 0.388 e. The fourth-order valence-corrected chi connectivity index (χ4v) is 10.2. The van der Waals surface area contributed by atoms with Crippen molar-refractivity contribution in [2.24, 2.45) is 0 Å². The molecular formula is C71H76O13. The van der Waals surface area contributed by atoms with Gasteiger partial charge in [0.05, 0.1) is 79.3 Å². The molecule has 2 aliphatic heterocycles. The zero-order chi connectivity index (χ0) is 57.2. The molecule has 8 aromatic carbocycles. The van der Waals surface area contributed by atoms with E-state index in [1.54, 1.807) is 0 Å². The van der Waals surface area contributed by atoms with Crippen molar-refractivity contribution in [3.63, 3.8) is 0 Å². The SMILES string of the molecule is OC(CO[C@H]1O[C@H](COCc2ccccc2)[C@H](OCc2ccccc2)[C@H](OCc2ccccc2)[C@H]1OCc1ccccc1)CO[C@H]1O[C@H](COCc2ccccc2)[C@H](OCc2ccccc2)[C@H](OCc2ccccc2)[C@H]1OCc1ccccc1. The minimum Gasteiger partial charge on any atom is -0.388 e. The molecule has 84 heavy (non-hydrogen) atoms. The lowest BCUT2D eigenvalue weighted by molar-refractivity contribution is -0.338. The Kier molecular flexibility index (Phi) is 23.8. The summed E-state index contributed by atoms with van der Waals surface area (Å²) in [5.74, 6) is 0. The third-order valence-corrected chi connectivity index (χ3v) is 14.6. The Morgan fingerprint density at radius 2 is 0.476 bits per heavy atom. The van der Waals surface area contributed by atoms with Gasteiger partial charge in [-0.15, -0.1) is 0 Å². The molecule has 13 heteroatoms. The van der Waals surface area contributed by atoms with Crippen molar-refractivity contribution in [2.75, 3.05) is 26.4 Å². The van der Waals surface area contributed by atoms with E-state index in [2.05, 4.69) is 0 Å². The van der Waals surface area contributed by atoms with Crippen molar-refractivity contribution in [1.29, 1.82) is 0 Å². The molecule has 0 bridgehead atoms. The van der Waals surface area contributed by atoms with E-state index >= 15 is 0 Å². The summed E-state index contributed by atoms with van der Waals surface area (Å²) in [4.78, 5) is 0. The van der Waals surface area contributed by atoms with Crippen molar-refractivity contribution < 1.29 is 61.9 Å². The van der Waals surface area contributed by atoms with Crippen molar-refractivity contribution in [3.05, 3.63) is 287 Å². The molecule has 2 aliphatic rings. The Labute approximate surface area is 493 Å². The monoisotopic (exact) mass is 1140 g/mol. The van der Waals surface area contributed by atoms with Gasteiger partial charge in [-0.25, -0.2) is 0 Å². The van der Waals surface area contributed by atoms with Gasteiger partial charge in [0.1, 0.15) is 54.9 Å². The van der Waals surface area contributed by atoms with Crippen LogP contribution in [0.1, 0.15) is 44.5 Å². The molecule has 0 saturated carbocycles. The first-order valence-corrected chi connectivity index (χ1v) is 29.0. The van der Waals surface area contributed by atoms with E-state index in [-0.39, 0.29) is 66.1 Å². The molecule has 2 saturated heterocycles. The first kappa shape index (κ1) is 60.4. The van der Waals surface area contributed by atoms with Gasteiger partial charge in [0.2, 0.25) is 0 Å². The van der Waals surface area contributed by atoms with E-state index in [9.17, 15) is 5.11 Å². The maximum atomic E-state index is 12.1. The third kappa shape index (κ3) is 18.6. The maximum absolute atomic E-state index is 12.1. The Balaban J connectivity index is 0.917. The summed E-state index contributed by atoms with van der Waals surface area (Å²) in [6.45, 7) is 2.01. The zero-order valence-electron chi connectivity index (χ0n) is 47.3. The standard InChI is InChI=1S/C71H76O13/c72-61(49-81-70-68(79-47-59-37-21-7-22-38-59)66(77-45-57-33-17-5-18-34-57)64(75-43-55-29-13-3-14-30-55)62(83-70)51-73-41-53-25-9-1-10-26-53)50-82-71-69(80-48-60-39-23-8-24-40-60)67(78-46-58-35-19-6-20-36-58)65(76-44-56-31-15-4-16-32-56)63(84-71)52-74-42-54-27-11-2-12-28-54/h1-40,61-72H,41-52H2/t62-,63-,64+,65+,66+,67+,68-,69-,70+,71+/m1/s1. The van der Waals surface area contributed by atoms with Crippen LogP contribution in [0.4, 0.5) is 0 Å². The van der Waals surface area contributed by atoms with Crippen LogP contribution in [0, 0.1) is 0 Å². The van der Waals surface area contributed by atoms with Crippen LogP contribution in [0.2, 0.25) is 0 Å². The highest BCUT2D eigenvalue weighted by Crippen LogP contribution is 2.34. The summed E-state index contributed by atoms with van der Waals surface area (Å²) in [6.07, 6.45) is -9.27. The van der Waals surface area contributed by atoms with Gasteiger partial charge in [-0.3, -0.25) is 0 Å². The Hall–Kier alpha value is -6.76. The predicted octanol–water partition coefficient (Wildman–Crippen LogP) is 11.8. The van der Waals surface area contributed by atoms with Gasteiger partial charge >= 0.3 is 0 Å². The molecule has 2 fully saturated rings. The van der Waals surface area contributed by atoms with Gasteiger partial charge in [-0.1, -0.05) is 243 Å². The fraction of sp³-hybridized carbons (Fsp3) is 0.324. The average molecular weight is 1140 g/mol. The summed E-state index contributed by atoms with van der Waals surface area (Å²) in [7, 11) is 0. The van der Waals surface area contributed by atoms with Crippen LogP contribution in [0.3, 0.4) is 0 Å². The molecular weight excluding hydrogens is 1060 g/mol. The summed E-state index contributed by atoms with van der Waals surface area (Å²) in [5.41, 5.74) is 7.82. The van der Waals surface area contributed by atoms with Crippen molar-refractivity contribution >= 4 is 0 Å². The molecule has 13 nitrogen and oxygen atoms in total. The lowest BCUT2D eigenvalue weighted by Gasteiger charge is -2.46. The van der Waals surface area contributed by atoms with Crippen LogP contribution in [0.15, 0.2) is 243 Å². The number of hydrogen-bond acceptors (Lipinski definition) is 13. The highest BCUT2D eigenvalue weighted by molar-refractivity contribution is 5.20. The van der Waals surface area contributed by atoms with Crippen LogP contribution >= 0.6 is 0 Å². The molecule has 0 spiro atoms. The average Bonchev–Trinajstić information content (AvgIpc) is 2.58. The Bertz CT molecular complexity index is 2800. The van der Waals surface area contributed by atoms with Crippen LogP contribution in [-0.4, -0.2) is 99.0 Å². The van der Waals surface area contributed by atoms with Crippen LogP contribution in [0.5, 0.6) is 0 Å². The second kappa shape index (κ2) is 33.1. The predicted molar refractivity (Wildman–Crippen MR) is 318 cm³/mol. The van der Waals surface area contributed by atoms with Crippen molar-refractivity contribution in [1.82, 2.24) is 0 Å². The number of aliphatic hydroxyl groups is 1. The fourth-order valence-electron chi connectivity index (χ4n) is 10.2.